The zero-order valence-electron chi connectivity index (χ0n) is 16.6. The Bertz CT molecular complexity index is 1350. The molecule has 0 amide bonds. The van der Waals surface area contributed by atoms with Gasteiger partial charge >= 0.3 is 0 Å². The molecule has 0 bridgehead atoms. The van der Waals surface area contributed by atoms with E-state index in [9.17, 15) is 0 Å². The average Bonchev–Trinajstić information content (AvgIpc) is 3.53. The first kappa shape index (κ1) is 17.3. The van der Waals surface area contributed by atoms with Crippen LogP contribution in [0, 0.1) is 0 Å². The van der Waals surface area contributed by atoms with Crippen LogP contribution in [0.3, 0.4) is 0 Å². The number of nitrogen functional groups attached to an aromatic ring is 1. The Balaban J connectivity index is 1.44. The van der Waals surface area contributed by atoms with Crippen LogP contribution in [0.5, 0.6) is 0 Å². The van der Waals surface area contributed by atoms with E-state index in [1.807, 2.05) is 18.6 Å². The number of benzene rings is 1. The van der Waals surface area contributed by atoms with E-state index in [1.54, 1.807) is 0 Å². The Morgan fingerprint density at radius 3 is 2.83 bits per heavy atom. The summed E-state index contributed by atoms with van der Waals surface area (Å²) in [7, 11) is 0. The van der Waals surface area contributed by atoms with Crippen molar-refractivity contribution >= 4 is 27.7 Å². The molecule has 0 unspecified atom stereocenters. The Kier molecular flexibility index (Phi) is 3.91. The lowest BCUT2D eigenvalue weighted by Crippen LogP contribution is -2.12. The maximum atomic E-state index is 6.17. The molecule has 30 heavy (non-hydrogen) atoms. The van der Waals surface area contributed by atoms with Crippen LogP contribution < -0.4 is 5.73 Å². The predicted molar refractivity (Wildman–Crippen MR) is 119 cm³/mol. The molecule has 0 radical (unpaired) electrons. The lowest BCUT2D eigenvalue weighted by molar-refractivity contribution is 0.329. The fraction of sp³-hybridized carbons (Fsp3) is 0.250. The third kappa shape index (κ3) is 2.79. The molecular weight excluding hydrogens is 374 g/mol. The monoisotopic (exact) mass is 397 g/mol. The second-order valence-corrected chi connectivity index (χ2v) is 8.19. The van der Waals surface area contributed by atoms with Gasteiger partial charge in [-0.3, -0.25) is 4.68 Å². The van der Waals surface area contributed by atoms with E-state index < -0.39 is 0 Å². The van der Waals surface area contributed by atoms with E-state index in [0.717, 1.165) is 38.7 Å². The Morgan fingerprint density at radius 1 is 1.03 bits per heavy atom. The van der Waals surface area contributed by atoms with Gasteiger partial charge in [-0.05, 0) is 43.2 Å². The van der Waals surface area contributed by atoms with Gasteiger partial charge in [-0.15, -0.1) is 0 Å². The van der Waals surface area contributed by atoms with Crippen molar-refractivity contribution in [3.05, 3.63) is 55.1 Å². The van der Waals surface area contributed by atoms with Crippen LogP contribution in [-0.4, -0.2) is 19.7 Å². The summed E-state index contributed by atoms with van der Waals surface area (Å²) in [5, 5.41) is 6.78. The zero-order valence-corrected chi connectivity index (χ0v) is 16.6. The number of hydrogen-bond donors (Lipinski definition) is 2. The number of aromatic nitrogens is 4. The molecule has 6 rings (SSSR count). The first-order chi connectivity index (χ1) is 14.8. The van der Waals surface area contributed by atoms with E-state index in [4.69, 9.17) is 10.2 Å². The summed E-state index contributed by atoms with van der Waals surface area (Å²) < 4.78 is 8.29. The minimum Gasteiger partial charge on any atom is -0.452 e. The highest BCUT2D eigenvalue weighted by Crippen LogP contribution is 2.37. The number of hydrogen-bond acceptors (Lipinski definition) is 4. The van der Waals surface area contributed by atoms with Crippen molar-refractivity contribution in [3.63, 3.8) is 0 Å². The summed E-state index contributed by atoms with van der Waals surface area (Å²) in [6, 6.07) is 10.9. The van der Waals surface area contributed by atoms with Gasteiger partial charge in [0.25, 0.3) is 0 Å². The molecule has 0 atom stereocenters. The van der Waals surface area contributed by atoms with Gasteiger partial charge in [0.2, 0.25) is 0 Å². The topological polar surface area (TPSA) is 85.7 Å². The Morgan fingerprint density at radius 2 is 1.93 bits per heavy atom. The molecule has 3 N–H and O–H groups in total. The number of rotatable bonds is 3. The largest absolute Gasteiger partial charge is 0.452 e. The molecule has 6 heteroatoms. The molecule has 150 valence electrons. The maximum absolute atomic E-state index is 6.17. The van der Waals surface area contributed by atoms with Gasteiger partial charge in [0.05, 0.1) is 12.2 Å². The second-order valence-electron chi connectivity index (χ2n) is 8.19. The van der Waals surface area contributed by atoms with Gasteiger partial charge in [-0.2, -0.15) is 5.10 Å². The molecule has 1 fully saturated rings. The summed E-state index contributed by atoms with van der Waals surface area (Å²) in [5.41, 5.74) is 11.0. The number of aromatic amines is 1. The highest BCUT2D eigenvalue weighted by Gasteiger charge is 2.19. The van der Waals surface area contributed by atoms with Crippen LogP contribution in [0.4, 0.5) is 5.82 Å². The number of fused-ring (bicyclic) bond motifs is 2. The van der Waals surface area contributed by atoms with Crippen molar-refractivity contribution in [3.8, 4) is 22.5 Å². The fourth-order valence-corrected chi connectivity index (χ4v) is 4.64. The first-order valence-corrected chi connectivity index (χ1v) is 10.6. The molecule has 1 aliphatic carbocycles. The highest BCUT2D eigenvalue weighted by atomic mass is 16.3. The Labute approximate surface area is 173 Å². The standard InChI is InChI=1S/C24H23N5O/c25-24-23-19(11-22(30-23)16-6-7-21-15(10-16)8-9-26-21)20(13-27-24)17-12-28-29(14-17)18-4-2-1-3-5-18/h6-14,18,26H,1-5H2,(H2,25,27). The fourth-order valence-electron chi connectivity index (χ4n) is 4.64. The number of anilines is 1. The summed E-state index contributed by atoms with van der Waals surface area (Å²) in [4.78, 5) is 7.62. The summed E-state index contributed by atoms with van der Waals surface area (Å²) in [6.07, 6.45) is 14.1. The van der Waals surface area contributed by atoms with E-state index in [2.05, 4.69) is 56.3 Å². The van der Waals surface area contributed by atoms with Crippen molar-refractivity contribution in [2.24, 2.45) is 0 Å². The average molecular weight is 397 g/mol. The lowest BCUT2D eigenvalue weighted by atomic mass is 9.96. The molecule has 0 spiro atoms. The predicted octanol–water partition coefficient (Wildman–Crippen LogP) is 5.93. The van der Waals surface area contributed by atoms with Crippen molar-refractivity contribution in [2.75, 3.05) is 5.73 Å². The normalized spacial score (nSPS) is 15.3. The summed E-state index contributed by atoms with van der Waals surface area (Å²) in [6.45, 7) is 0. The molecule has 1 aromatic carbocycles. The van der Waals surface area contributed by atoms with Crippen LogP contribution in [-0.2, 0) is 0 Å². The van der Waals surface area contributed by atoms with E-state index in [0.29, 0.717) is 17.4 Å². The second kappa shape index (κ2) is 6.76. The van der Waals surface area contributed by atoms with Crippen LogP contribution >= 0.6 is 0 Å². The lowest BCUT2D eigenvalue weighted by Gasteiger charge is -2.21. The third-order valence-electron chi connectivity index (χ3n) is 6.29. The van der Waals surface area contributed by atoms with E-state index >= 15 is 0 Å². The van der Waals surface area contributed by atoms with Crippen LogP contribution in [0.1, 0.15) is 38.1 Å². The van der Waals surface area contributed by atoms with Crippen LogP contribution in [0.2, 0.25) is 0 Å². The van der Waals surface area contributed by atoms with Crippen LogP contribution in [0.25, 0.3) is 44.3 Å². The zero-order chi connectivity index (χ0) is 20.1. The molecule has 0 aliphatic heterocycles. The first-order valence-electron chi connectivity index (χ1n) is 10.6. The van der Waals surface area contributed by atoms with Gasteiger partial charge in [0, 0.05) is 51.6 Å². The number of nitrogens with two attached hydrogens (primary N) is 1. The van der Waals surface area contributed by atoms with Gasteiger partial charge in [0.15, 0.2) is 11.4 Å². The van der Waals surface area contributed by atoms with Gasteiger partial charge in [-0.1, -0.05) is 19.3 Å². The van der Waals surface area contributed by atoms with Crippen LogP contribution in [0.15, 0.2) is 59.5 Å². The minimum absolute atomic E-state index is 0.405. The van der Waals surface area contributed by atoms with Crippen molar-refractivity contribution in [1.29, 1.82) is 0 Å². The Hall–Kier alpha value is -3.54. The van der Waals surface area contributed by atoms with Crippen molar-refractivity contribution < 1.29 is 4.42 Å². The quantitative estimate of drug-likeness (QED) is 0.395. The molecular formula is C24H23N5O. The molecule has 0 saturated heterocycles. The number of furan rings is 1. The van der Waals surface area contributed by atoms with Crippen molar-refractivity contribution in [1.82, 2.24) is 19.7 Å². The maximum Gasteiger partial charge on any atom is 0.177 e. The van der Waals surface area contributed by atoms with Gasteiger partial charge in [0.1, 0.15) is 5.76 Å². The molecule has 4 aromatic heterocycles. The van der Waals surface area contributed by atoms with Crippen molar-refractivity contribution in [2.45, 2.75) is 38.1 Å². The number of nitrogens with one attached hydrogen (secondary N) is 1. The van der Waals surface area contributed by atoms with E-state index in [1.165, 1.54) is 32.1 Å². The number of pyridine rings is 1. The smallest absolute Gasteiger partial charge is 0.177 e. The highest BCUT2D eigenvalue weighted by molar-refractivity contribution is 6.00. The molecule has 6 nitrogen and oxygen atoms in total. The summed E-state index contributed by atoms with van der Waals surface area (Å²) in [5.74, 6) is 1.19. The molecule has 1 saturated carbocycles. The summed E-state index contributed by atoms with van der Waals surface area (Å²) >= 11 is 0. The van der Waals surface area contributed by atoms with E-state index in [-0.39, 0.29) is 0 Å². The molecule has 4 heterocycles. The molecule has 5 aromatic rings. The van der Waals surface area contributed by atoms with Gasteiger partial charge < -0.3 is 15.1 Å². The minimum atomic E-state index is 0.405. The van der Waals surface area contributed by atoms with Gasteiger partial charge in [-0.25, -0.2) is 4.98 Å². The number of nitrogens with zero attached hydrogens (tertiary/aromatic N) is 3. The number of H-pyrrole nitrogens is 1. The SMILES string of the molecule is Nc1ncc(-c2cnn(C3CCCCC3)c2)c2cc(-c3ccc4[nH]ccc4c3)oc12. The third-order valence-corrected chi connectivity index (χ3v) is 6.29. The molecule has 1 aliphatic rings.